The first-order valence-corrected chi connectivity index (χ1v) is 22.9. The lowest BCUT2D eigenvalue weighted by Gasteiger charge is -2.79. The van der Waals surface area contributed by atoms with Crippen LogP contribution in [-0.2, 0) is 27.1 Å². The van der Waals surface area contributed by atoms with Crippen molar-refractivity contribution in [3.63, 3.8) is 0 Å². The Hall–Kier alpha value is -1.91. The number of carboxylic acids is 1. The molecule has 6 heteroatoms. The van der Waals surface area contributed by atoms with Crippen molar-refractivity contribution in [2.45, 2.75) is 182 Å². The van der Waals surface area contributed by atoms with E-state index in [0.717, 1.165) is 103 Å². The molecule has 3 N–H and O–H groups in total. The molecule has 6 fully saturated rings. The molecule has 4 bridgehead atoms. The Morgan fingerprint density at radius 2 is 1.61 bits per heavy atom. The molecule has 2 spiro atoms. The van der Waals surface area contributed by atoms with E-state index in [1.807, 2.05) is 6.92 Å². The minimum absolute atomic E-state index is 0.0224. The van der Waals surface area contributed by atoms with Crippen LogP contribution in [0.5, 0.6) is 0 Å². The summed E-state index contributed by atoms with van der Waals surface area (Å²) in [5.41, 5.74) is 0.718. The molecule has 5 saturated carbocycles. The van der Waals surface area contributed by atoms with Crippen LogP contribution < -0.4 is 0 Å². The van der Waals surface area contributed by atoms with Gasteiger partial charge in [0.25, 0.3) is 0 Å². The second-order valence-electron chi connectivity index (χ2n) is 21.7. The number of aliphatic hydroxyl groups is 2. The Kier molecular flexibility index (Phi) is 10.3. The van der Waals surface area contributed by atoms with Crippen LogP contribution in [0.2, 0.25) is 0 Å². The fraction of sp³-hybridized carbons (Fsp3) is 0.820. The van der Waals surface area contributed by atoms with Crippen molar-refractivity contribution in [3.8, 4) is 11.8 Å². The Labute approximate surface area is 338 Å². The van der Waals surface area contributed by atoms with Gasteiger partial charge in [-0.05, 0) is 148 Å². The molecule has 56 heavy (non-hydrogen) atoms. The predicted octanol–water partition coefficient (Wildman–Crippen LogP) is 10.2. The summed E-state index contributed by atoms with van der Waals surface area (Å²) in [6.07, 6.45) is 17.0. The maximum absolute atomic E-state index is 13.1. The SMILES string of the molecule is CCC[C@@H]1CC#C[C@]23CC[C@@]45[C@H](Cc6ccc(CCOC)cc6)O[C@@](O)(C[C@@H](O)[C@H]4[C@]2(C)CC[C@@]2(CC1)[C@@H]1C[C@](C)(C(=O)O)CC[C@]1(C)CC[C@@]23C)[C@@H]5CCC. The number of hydrogen-bond donors (Lipinski definition) is 3. The summed E-state index contributed by atoms with van der Waals surface area (Å²) in [7, 11) is 1.75. The van der Waals surface area contributed by atoms with Gasteiger partial charge in [-0.25, -0.2) is 0 Å². The van der Waals surface area contributed by atoms with E-state index < -0.39 is 23.3 Å². The van der Waals surface area contributed by atoms with Crippen LogP contribution in [0.1, 0.15) is 162 Å². The van der Waals surface area contributed by atoms with Gasteiger partial charge in [-0.2, -0.15) is 0 Å². The number of carbonyl (C=O) groups is 1. The molecule has 7 aliphatic rings. The van der Waals surface area contributed by atoms with Crippen LogP contribution >= 0.6 is 0 Å². The molecular weight excluding hydrogens is 697 g/mol. The monoisotopic (exact) mass is 771 g/mol. The Morgan fingerprint density at radius 1 is 0.893 bits per heavy atom. The molecule has 1 saturated heterocycles. The lowest BCUT2D eigenvalue weighted by molar-refractivity contribution is -0.314. The first-order valence-electron chi connectivity index (χ1n) is 22.9. The summed E-state index contributed by atoms with van der Waals surface area (Å²) in [5.74, 6) is 7.05. The van der Waals surface area contributed by atoms with Gasteiger partial charge in [0.05, 0.1) is 24.2 Å². The summed E-state index contributed by atoms with van der Waals surface area (Å²) in [4.78, 5) is 13.1. The van der Waals surface area contributed by atoms with E-state index >= 15 is 0 Å². The second-order valence-corrected chi connectivity index (χ2v) is 21.7. The van der Waals surface area contributed by atoms with Crippen molar-refractivity contribution in [1.29, 1.82) is 0 Å². The van der Waals surface area contributed by atoms with Crippen LogP contribution in [0, 0.1) is 73.4 Å². The molecule has 14 atom stereocenters. The van der Waals surface area contributed by atoms with Gasteiger partial charge in [0.2, 0.25) is 0 Å². The highest BCUT2D eigenvalue weighted by atomic mass is 16.6. The summed E-state index contributed by atoms with van der Waals surface area (Å²) >= 11 is 0. The van der Waals surface area contributed by atoms with E-state index in [9.17, 15) is 20.1 Å². The number of hydrogen-bond acceptors (Lipinski definition) is 5. The largest absolute Gasteiger partial charge is 0.481 e. The molecule has 1 aromatic rings. The second kappa shape index (κ2) is 14.1. The van der Waals surface area contributed by atoms with Gasteiger partial charge in [0.1, 0.15) is 0 Å². The highest BCUT2D eigenvalue weighted by molar-refractivity contribution is 5.74. The summed E-state index contributed by atoms with van der Waals surface area (Å²) in [6.45, 7) is 15.0. The number of aliphatic hydroxyl groups excluding tert-OH is 1. The highest BCUT2D eigenvalue weighted by Gasteiger charge is 2.82. The standard InChI is InChI=1S/C50H74O6/c1-8-11-34-13-10-20-48-28-29-49-38(12-9-2)50(54,56-40(49)31-36-16-14-35(15-17-36)19-30-55-7)32-37(51)41(49)45(48,5)25-27-47(21-18-34)39-33-44(4,42(52)53)23-22-43(39,3)24-26-46(47,48)6/h14-17,34,37-41,51,54H,8-9,11-13,18-19,21-33H2,1-7H3,(H,52,53)/t34-,37-,38-,39-,40+,41+,43-,44-,45+,46+,47+,48+,49-,50+/m1/s1. The third-order valence-electron chi connectivity index (χ3n) is 19.5. The minimum Gasteiger partial charge on any atom is -0.481 e. The van der Waals surface area contributed by atoms with Gasteiger partial charge in [-0.1, -0.05) is 77.6 Å². The molecule has 6 nitrogen and oxygen atoms in total. The lowest BCUT2D eigenvalue weighted by Crippen LogP contribution is -2.75. The van der Waals surface area contributed by atoms with E-state index in [1.54, 1.807) is 7.11 Å². The molecule has 0 aromatic heterocycles. The quantitative estimate of drug-likeness (QED) is 0.205. The van der Waals surface area contributed by atoms with Gasteiger partial charge < -0.3 is 24.8 Å². The van der Waals surface area contributed by atoms with Crippen LogP contribution in [0.25, 0.3) is 0 Å². The van der Waals surface area contributed by atoms with Crippen LogP contribution in [0.15, 0.2) is 24.3 Å². The topological polar surface area (TPSA) is 96.2 Å². The molecule has 0 radical (unpaired) electrons. The van der Waals surface area contributed by atoms with Gasteiger partial charge in [0.15, 0.2) is 5.79 Å². The molecule has 8 rings (SSSR count). The average Bonchev–Trinajstić information content (AvgIpc) is 3.32. The smallest absolute Gasteiger partial charge is 0.309 e. The Morgan fingerprint density at radius 3 is 2.30 bits per heavy atom. The van der Waals surface area contributed by atoms with E-state index in [0.29, 0.717) is 18.4 Å². The van der Waals surface area contributed by atoms with Crippen LogP contribution in [0.3, 0.4) is 0 Å². The first kappa shape index (κ1) is 40.9. The zero-order valence-electron chi connectivity index (χ0n) is 36.0. The first-order chi connectivity index (χ1) is 26.6. The fourth-order valence-corrected chi connectivity index (χ4v) is 16.6. The average molecular weight is 771 g/mol. The lowest BCUT2D eigenvalue weighted by atomic mass is 9.24. The zero-order valence-corrected chi connectivity index (χ0v) is 36.0. The number of ether oxygens (including phenoxy) is 2. The predicted molar refractivity (Wildman–Crippen MR) is 220 cm³/mol. The normalized spacial score (nSPS) is 49.1. The van der Waals surface area contributed by atoms with Gasteiger partial charge in [0, 0.05) is 42.6 Å². The molecule has 310 valence electrons. The molecular formula is C50H74O6. The summed E-state index contributed by atoms with van der Waals surface area (Å²) in [6, 6.07) is 8.91. The van der Waals surface area contributed by atoms with Gasteiger partial charge >= 0.3 is 5.97 Å². The summed E-state index contributed by atoms with van der Waals surface area (Å²) < 4.78 is 12.4. The van der Waals surface area contributed by atoms with Crippen molar-refractivity contribution in [2.24, 2.45) is 61.6 Å². The van der Waals surface area contributed by atoms with Crippen molar-refractivity contribution in [2.75, 3.05) is 13.7 Å². The third kappa shape index (κ3) is 5.51. The van der Waals surface area contributed by atoms with Gasteiger partial charge in [-0.3, -0.25) is 4.79 Å². The Balaban J connectivity index is 1.28. The van der Waals surface area contributed by atoms with Crippen molar-refractivity contribution >= 4 is 5.97 Å². The van der Waals surface area contributed by atoms with E-state index in [-0.39, 0.29) is 56.9 Å². The van der Waals surface area contributed by atoms with Crippen molar-refractivity contribution < 1.29 is 29.6 Å². The molecule has 1 aromatic carbocycles. The number of aliphatic carboxylic acids is 1. The van der Waals surface area contributed by atoms with Crippen LogP contribution in [-0.4, -0.2) is 53.0 Å². The molecule has 1 aliphatic heterocycles. The van der Waals surface area contributed by atoms with E-state index in [4.69, 9.17) is 9.47 Å². The molecule has 6 aliphatic carbocycles. The zero-order chi connectivity index (χ0) is 40.0. The minimum atomic E-state index is -1.34. The van der Waals surface area contributed by atoms with Crippen molar-refractivity contribution in [3.05, 3.63) is 35.4 Å². The van der Waals surface area contributed by atoms with E-state index in [1.165, 1.54) is 24.0 Å². The summed E-state index contributed by atoms with van der Waals surface area (Å²) in [5, 5.41) is 36.1. The Bertz CT molecular complexity index is 1710. The number of carboxylic acid groups (broad SMARTS) is 1. The number of methoxy groups -OCH3 is 1. The number of benzene rings is 1. The highest BCUT2D eigenvalue weighted by Crippen LogP contribution is 2.85. The number of rotatable bonds is 10. The van der Waals surface area contributed by atoms with Gasteiger partial charge in [-0.15, -0.1) is 5.92 Å². The van der Waals surface area contributed by atoms with E-state index in [2.05, 4.69) is 70.7 Å². The van der Waals surface area contributed by atoms with Crippen LogP contribution in [0.4, 0.5) is 0 Å². The maximum Gasteiger partial charge on any atom is 0.309 e. The number of fused-ring (bicyclic) bond motifs is 3. The third-order valence-corrected chi connectivity index (χ3v) is 19.5. The molecule has 1 heterocycles. The maximum atomic E-state index is 13.1. The molecule has 0 unspecified atom stereocenters. The molecule has 0 amide bonds. The van der Waals surface area contributed by atoms with Crippen molar-refractivity contribution in [1.82, 2.24) is 0 Å². The fourth-order valence-electron chi connectivity index (χ4n) is 16.6.